The van der Waals surface area contributed by atoms with Crippen LogP contribution in [0.3, 0.4) is 0 Å². The minimum Gasteiger partial charge on any atom is -0.364 e. The van der Waals surface area contributed by atoms with E-state index in [0.717, 1.165) is 29.9 Å². The van der Waals surface area contributed by atoms with Crippen molar-refractivity contribution in [3.63, 3.8) is 0 Å². The Morgan fingerprint density at radius 3 is 2.33 bits per heavy atom. The number of nitrogens with two attached hydrogens (primary N) is 1. The van der Waals surface area contributed by atoms with Crippen molar-refractivity contribution in [1.29, 1.82) is 0 Å². The lowest BCUT2D eigenvalue weighted by molar-refractivity contribution is -0.131. The maximum atomic E-state index is 12.8. The van der Waals surface area contributed by atoms with Gasteiger partial charge >= 0.3 is 0 Å². The summed E-state index contributed by atoms with van der Waals surface area (Å²) in [4.78, 5) is 31.2. The SMILES string of the molecule is NC(=O)c1nc(-c2ccccc2)n2c1CCN(C(=O)CCCc1ccccc1)CC2. The summed E-state index contributed by atoms with van der Waals surface area (Å²) in [6.07, 6.45) is 2.82. The van der Waals surface area contributed by atoms with Gasteiger partial charge < -0.3 is 15.2 Å². The van der Waals surface area contributed by atoms with Gasteiger partial charge in [-0.3, -0.25) is 9.59 Å². The number of primary amides is 1. The zero-order valence-corrected chi connectivity index (χ0v) is 17.0. The Balaban J connectivity index is 1.46. The van der Waals surface area contributed by atoms with E-state index in [0.29, 0.717) is 38.2 Å². The molecule has 154 valence electrons. The lowest BCUT2D eigenvalue weighted by Crippen LogP contribution is -2.33. The Labute approximate surface area is 176 Å². The summed E-state index contributed by atoms with van der Waals surface area (Å²) in [6, 6.07) is 20.0. The van der Waals surface area contributed by atoms with E-state index in [1.165, 1.54) is 5.56 Å². The second-order valence-electron chi connectivity index (χ2n) is 7.58. The van der Waals surface area contributed by atoms with Gasteiger partial charge in [-0.2, -0.15) is 0 Å². The predicted octanol–water partition coefficient (Wildman–Crippen LogP) is 3.06. The van der Waals surface area contributed by atoms with Gasteiger partial charge in [0.15, 0.2) is 0 Å². The molecular formula is C24H26N4O2. The van der Waals surface area contributed by atoms with Gasteiger partial charge in [0.2, 0.25) is 5.91 Å². The van der Waals surface area contributed by atoms with E-state index in [1.807, 2.05) is 58.0 Å². The number of benzene rings is 2. The smallest absolute Gasteiger partial charge is 0.269 e. The summed E-state index contributed by atoms with van der Waals surface area (Å²) < 4.78 is 2.05. The maximum absolute atomic E-state index is 12.8. The summed E-state index contributed by atoms with van der Waals surface area (Å²) >= 11 is 0. The van der Waals surface area contributed by atoms with Crippen molar-refractivity contribution >= 4 is 11.8 Å². The van der Waals surface area contributed by atoms with Gasteiger partial charge in [-0.25, -0.2) is 4.98 Å². The number of fused-ring (bicyclic) bond motifs is 1. The molecule has 0 unspecified atom stereocenters. The fourth-order valence-electron chi connectivity index (χ4n) is 4.05. The molecule has 0 aliphatic carbocycles. The second-order valence-corrected chi connectivity index (χ2v) is 7.58. The van der Waals surface area contributed by atoms with Gasteiger partial charge in [0.1, 0.15) is 11.5 Å². The molecule has 0 radical (unpaired) electrons. The van der Waals surface area contributed by atoms with Crippen LogP contribution < -0.4 is 5.73 Å². The predicted molar refractivity (Wildman–Crippen MR) is 116 cm³/mol. The number of imidazole rings is 1. The molecule has 6 nitrogen and oxygen atoms in total. The highest BCUT2D eigenvalue weighted by Crippen LogP contribution is 2.25. The normalized spacial score (nSPS) is 13.5. The molecule has 1 aromatic heterocycles. The Morgan fingerprint density at radius 2 is 1.63 bits per heavy atom. The number of nitrogens with zero attached hydrogens (tertiary/aromatic N) is 3. The Morgan fingerprint density at radius 1 is 0.933 bits per heavy atom. The maximum Gasteiger partial charge on any atom is 0.269 e. The van der Waals surface area contributed by atoms with Crippen LogP contribution in [0.5, 0.6) is 0 Å². The molecule has 1 aliphatic rings. The zero-order chi connectivity index (χ0) is 20.9. The average Bonchev–Trinajstić information content (AvgIpc) is 3.00. The monoisotopic (exact) mass is 402 g/mol. The van der Waals surface area contributed by atoms with Gasteiger partial charge in [-0.15, -0.1) is 0 Å². The molecule has 2 amide bonds. The zero-order valence-electron chi connectivity index (χ0n) is 17.0. The highest BCUT2D eigenvalue weighted by Gasteiger charge is 2.26. The number of rotatable bonds is 6. The summed E-state index contributed by atoms with van der Waals surface area (Å²) in [7, 11) is 0. The van der Waals surface area contributed by atoms with Crippen LogP contribution in [0, 0.1) is 0 Å². The van der Waals surface area contributed by atoms with Crippen molar-refractivity contribution in [2.24, 2.45) is 5.73 Å². The van der Waals surface area contributed by atoms with Crippen LogP contribution in [-0.4, -0.2) is 39.4 Å². The van der Waals surface area contributed by atoms with E-state index >= 15 is 0 Å². The van der Waals surface area contributed by atoms with E-state index in [-0.39, 0.29) is 5.91 Å². The summed E-state index contributed by atoms with van der Waals surface area (Å²) in [5.41, 5.74) is 8.92. The third kappa shape index (κ3) is 4.27. The van der Waals surface area contributed by atoms with E-state index in [4.69, 9.17) is 5.73 Å². The average molecular weight is 402 g/mol. The quantitative estimate of drug-likeness (QED) is 0.688. The highest BCUT2D eigenvalue weighted by atomic mass is 16.2. The molecule has 0 saturated carbocycles. The Hall–Kier alpha value is -3.41. The highest BCUT2D eigenvalue weighted by molar-refractivity contribution is 5.93. The summed E-state index contributed by atoms with van der Waals surface area (Å²) in [5.74, 6) is 0.368. The minimum atomic E-state index is -0.524. The first-order valence-corrected chi connectivity index (χ1v) is 10.4. The molecule has 4 rings (SSSR count). The van der Waals surface area contributed by atoms with Crippen molar-refractivity contribution in [3.05, 3.63) is 77.6 Å². The number of aryl methyl sites for hydroxylation is 1. The first kappa shape index (κ1) is 19.9. The van der Waals surface area contributed by atoms with E-state index in [1.54, 1.807) is 0 Å². The van der Waals surface area contributed by atoms with Crippen LogP contribution in [0.1, 0.15) is 34.6 Å². The standard InChI is InChI=1S/C24H26N4O2/c25-23(30)22-20-14-15-27(21(29)13-7-10-18-8-3-1-4-9-18)16-17-28(20)24(26-22)19-11-5-2-6-12-19/h1-6,8-9,11-12H,7,10,13-17H2,(H2,25,30). The van der Waals surface area contributed by atoms with Crippen LogP contribution >= 0.6 is 0 Å². The number of amides is 2. The third-order valence-corrected chi connectivity index (χ3v) is 5.60. The second kappa shape index (κ2) is 8.95. The fraction of sp³-hybridized carbons (Fsp3) is 0.292. The largest absolute Gasteiger partial charge is 0.364 e. The van der Waals surface area contributed by atoms with Gasteiger partial charge in [0.25, 0.3) is 5.91 Å². The Kier molecular flexibility index (Phi) is 5.93. The lowest BCUT2D eigenvalue weighted by atomic mass is 10.1. The number of carbonyl (C=O) groups is 2. The number of hydrogen-bond acceptors (Lipinski definition) is 3. The molecule has 0 spiro atoms. The van der Waals surface area contributed by atoms with Crippen molar-refractivity contribution in [1.82, 2.24) is 14.5 Å². The van der Waals surface area contributed by atoms with Crippen molar-refractivity contribution in [2.45, 2.75) is 32.2 Å². The van der Waals surface area contributed by atoms with Crippen LogP contribution in [-0.2, 0) is 24.2 Å². The lowest BCUT2D eigenvalue weighted by Gasteiger charge is -2.20. The van der Waals surface area contributed by atoms with Crippen LogP contribution in [0.15, 0.2) is 60.7 Å². The van der Waals surface area contributed by atoms with Crippen molar-refractivity contribution < 1.29 is 9.59 Å². The first-order valence-electron chi connectivity index (χ1n) is 10.4. The van der Waals surface area contributed by atoms with Crippen molar-refractivity contribution in [3.8, 4) is 11.4 Å². The molecule has 0 fully saturated rings. The first-order chi connectivity index (χ1) is 14.6. The van der Waals surface area contributed by atoms with Gasteiger partial charge in [-0.05, 0) is 18.4 Å². The summed E-state index contributed by atoms with van der Waals surface area (Å²) in [6.45, 7) is 1.78. The van der Waals surface area contributed by atoms with Crippen LogP contribution in [0.4, 0.5) is 0 Å². The molecule has 3 aromatic rings. The molecular weight excluding hydrogens is 376 g/mol. The molecule has 1 aliphatic heterocycles. The molecule has 2 aromatic carbocycles. The fourth-order valence-corrected chi connectivity index (χ4v) is 4.05. The van der Waals surface area contributed by atoms with Crippen LogP contribution in [0.25, 0.3) is 11.4 Å². The van der Waals surface area contributed by atoms with Crippen molar-refractivity contribution in [2.75, 3.05) is 13.1 Å². The molecule has 0 saturated heterocycles. The number of carbonyl (C=O) groups excluding carboxylic acids is 2. The van der Waals surface area contributed by atoms with Crippen LogP contribution in [0.2, 0.25) is 0 Å². The Bertz CT molecular complexity index is 1030. The molecule has 30 heavy (non-hydrogen) atoms. The molecule has 2 N–H and O–H groups in total. The molecule has 6 heteroatoms. The van der Waals surface area contributed by atoms with E-state index < -0.39 is 5.91 Å². The number of hydrogen-bond donors (Lipinski definition) is 1. The third-order valence-electron chi connectivity index (χ3n) is 5.60. The molecule has 0 bridgehead atoms. The van der Waals surface area contributed by atoms with Gasteiger partial charge in [-0.1, -0.05) is 60.7 Å². The van der Waals surface area contributed by atoms with Gasteiger partial charge in [0, 0.05) is 38.0 Å². The van der Waals surface area contributed by atoms with E-state index in [2.05, 4.69) is 17.1 Å². The minimum absolute atomic E-state index is 0.159. The summed E-state index contributed by atoms with van der Waals surface area (Å²) in [5, 5.41) is 0. The van der Waals surface area contributed by atoms with Gasteiger partial charge in [0.05, 0.1) is 5.69 Å². The molecule has 2 heterocycles. The molecule has 0 atom stereocenters. The number of aromatic nitrogens is 2. The van der Waals surface area contributed by atoms with E-state index in [9.17, 15) is 9.59 Å². The topological polar surface area (TPSA) is 81.2 Å².